The zero-order valence-corrected chi connectivity index (χ0v) is 19.1. The van der Waals surface area contributed by atoms with Crippen LogP contribution < -0.4 is 0 Å². The molecule has 0 nitrogen and oxygen atoms in total. The first-order valence-corrected chi connectivity index (χ1v) is 10.5. The normalized spacial score (nSPS) is 15.0. The van der Waals surface area contributed by atoms with Crippen molar-refractivity contribution in [3.63, 3.8) is 0 Å². The number of hydrogen-bond donors (Lipinski definition) is 0. The first-order valence-electron chi connectivity index (χ1n) is 10.5. The maximum Gasteiger partial charge on any atom is 0 e. The third-order valence-electron chi connectivity index (χ3n) is 6.36. The first kappa shape index (κ1) is 19.7. The average Bonchev–Trinajstić information content (AvgIpc) is 3.09. The van der Waals surface area contributed by atoms with Gasteiger partial charge in [-0.05, 0) is 35.6 Å². The van der Waals surface area contributed by atoms with Gasteiger partial charge in [-0.2, -0.15) is 6.07 Å². The minimum atomic E-state index is 0. The van der Waals surface area contributed by atoms with Crippen LogP contribution in [0, 0.1) is 12.8 Å². The van der Waals surface area contributed by atoms with E-state index in [2.05, 4.69) is 73.7 Å². The van der Waals surface area contributed by atoms with Crippen molar-refractivity contribution in [1.29, 1.82) is 0 Å². The summed E-state index contributed by atoms with van der Waals surface area (Å²) in [5.41, 5.74) is 5.62. The van der Waals surface area contributed by atoms with Crippen molar-refractivity contribution >= 4 is 21.5 Å². The van der Waals surface area contributed by atoms with Crippen molar-refractivity contribution in [1.82, 2.24) is 0 Å². The number of fused-ring (bicyclic) bond motifs is 2. The molecule has 140 valence electrons. The molecule has 0 N–H and O–H groups in total. The number of hydrogen-bond acceptors (Lipinski definition) is 0. The maximum absolute atomic E-state index is 2.47. The van der Waals surface area contributed by atoms with Crippen LogP contribution in [0.2, 0.25) is 0 Å². The molecule has 0 unspecified atom stereocenters. The van der Waals surface area contributed by atoms with Gasteiger partial charge in [0.2, 0.25) is 0 Å². The largest absolute Gasteiger partial charge is 0.164 e. The van der Waals surface area contributed by atoms with Gasteiger partial charge in [-0.3, -0.25) is 0 Å². The van der Waals surface area contributed by atoms with Crippen molar-refractivity contribution in [3.05, 3.63) is 77.9 Å². The van der Waals surface area contributed by atoms with Crippen molar-refractivity contribution < 1.29 is 26.2 Å². The van der Waals surface area contributed by atoms with E-state index in [1.165, 1.54) is 82.3 Å². The summed E-state index contributed by atoms with van der Waals surface area (Å²) in [5.74, 6) is 0.887. The topological polar surface area (TPSA) is 0 Å². The van der Waals surface area contributed by atoms with Crippen LogP contribution in [-0.4, -0.2) is 0 Å². The fourth-order valence-corrected chi connectivity index (χ4v) is 5.06. The van der Waals surface area contributed by atoms with E-state index in [9.17, 15) is 0 Å². The monoisotopic (exact) mass is 441 g/mol. The predicted octanol–water partition coefficient (Wildman–Crippen LogP) is 7.81. The smallest absolute Gasteiger partial charge is 0 e. The van der Waals surface area contributed by atoms with Crippen molar-refractivity contribution in [2.24, 2.45) is 5.92 Å². The molecular weight excluding hydrogens is 416 g/mol. The van der Waals surface area contributed by atoms with Crippen LogP contribution >= 0.6 is 0 Å². The van der Waals surface area contributed by atoms with E-state index in [-0.39, 0.29) is 26.2 Å². The SMILES string of the molecule is Cc1cc(-c2cccc3ccccc23)c2cc(CC3CCCCC3)[cH-]c2c1.[Zr]. The molecule has 0 saturated heterocycles. The Morgan fingerprint density at radius 3 is 2.46 bits per heavy atom. The fourth-order valence-electron chi connectivity index (χ4n) is 5.06. The Kier molecular flexibility index (Phi) is 5.93. The molecule has 0 atom stereocenters. The van der Waals surface area contributed by atoms with Crippen molar-refractivity contribution in [2.75, 3.05) is 0 Å². The molecule has 4 aromatic carbocycles. The molecule has 1 heteroatoms. The summed E-state index contributed by atoms with van der Waals surface area (Å²) in [6, 6.07) is 25.1. The summed E-state index contributed by atoms with van der Waals surface area (Å²) in [7, 11) is 0. The summed E-state index contributed by atoms with van der Waals surface area (Å²) < 4.78 is 0. The standard InChI is InChI=1S/C27H27.Zr/c1-19-14-23-17-21(16-20-8-3-2-4-9-20)18-26(23)27(15-19)25-13-7-11-22-10-5-6-12-24(22)25;/h5-7,10-15,17-18,20H,2-4,8-9,16H2,1H3;/q-1;. The van der Waals surface area contributed by atoms with Crippen LogP contribution in [-0.2, 0) is 32.6 Å². The summed E-state index contributed by atoms with van der Waals surface area (Å²) in [6.07, 6.45) is 8.36. The van der Waals surface area contributed by atoms with Gasteiger partial charge < -0.3 is 0 Å². The van der Waals surface area contributed by atoms with E-state index in [1.54, 1.807) is 0 Å². The van der Waals surface area contributed by atoms with Crippen LogP contribution in [0.5, 0.6) is 0 Å². The van der Waals surface area contributed by atoms with Gasteiger partial charge in [-0.15, -0.1) is 28.5 Å². The van der Waals surface area contributed by atoms with E-state index in [0.717, 1.165) is 5.92 Å². The third-order valence-corrected chi connectivity index (χ3v) is 6.36. The summed E-state index contributed by atoms with van der Waals surface area (Å²) in [6.45, 7) is 2.22. The Bertz CT molecular complexity index is 1090. The molecule has 5 rings (SSSR count). The molecule has 0 spiro atoms. The molecule has 0 aliphatic heterocycles. The zero-order chi connectivity index (χ0) is 18.2. The molecule has 0 aromatic heterocycles. The van der Waals surface area contributed by atoms with Gasteiger partial charge in [0, 0.05) is 26.2 Å². The van der Waals surface area contributed by atoms with Gasteiger partial charge >= 0.3 is 0 Å². The summed E-state index contributed by atoms with van der Waals surface area (Å²) in [5, 5.41) is 5.49. The average molecular weight is 443 g/mol. The molecule has 0 heterocycles. The molecular formula is C27H27Zr-. The van der Waals surface area contributed by atoms with Gasteiger partial charge in [0.25, 0.3) is 0 Å². The Hall–Kier alpha value is -1.59. The van der Waals surface area contributed by atoms with Gasteiger partial charge in [0.15, 0.2) is 0 Å². The Morgan fingerprint density at radius 1 is 0.821 bits per heavy atom. The fraction of sp³-hybridized carbons (Fsp3) is 0.296. The Morgan fingerprint density at radius 2 is 1.61 bits per heavy atom. The molecule has 1 fully saturated rings. The second kappa shape index (κ2) is 8.42. The molecule has 1 saturated carbocycles. The molecule has 4 aromatic rings. The van der Waals surface area contributed by atoms with Gasteiger partial charge in [-0.1, -0.05) is 91.8 Å². The molecule has 28 heavy (non-hydrogen) atoms. The van der Waals surface area contributed by atoms with E-state index in [1.807, 2.05) is 0 Å². The first-order chi connectivity index (χ1) is 13.3. The summed E-state index contributed by atoms with van der Waals surface area (Å²) in [4.78, 5) is 0. The third kappa shape index (κ3) is 3.79. The predicted molar refractivity (Wildman–Crippen MR) is 117 cm³/mol. The Balaban J connectivity index is 0.00000192. The minimum Gasteiger partial charge on any atom is -0.164 e. The quantitative estimate of drug-likeness (QED) is 0.284. The van der Waals surface area contributed by atoms with Crippen molar-refractivity contribution in [3.8, 4) is 11.1 Å². The summed E-state index contributed by atoms with van der Waals surface area (Å²) >= 11 is 0. The van der Waals surface area contributed by atoms with Crippen LogP contribution in [0.15, 0.2) is 66.7 Å². The number of aryl methyl sites for hydroxylation is 1. The van der Waals surface area contributed by atoms with Gasteiger partial charge in [0.1, 0.15) is 0 Å². The number of benzene rings is 3. The molecule has 0 radical (unpaired) electrons. The van der Waals surface area contributed by atoms with Crippen LogP contribution in [0.3, 0.4) is 0 Å². The molecule has 0 bridgehead atoms. The van der Waals surface area contributed by atoms with E-state index in [0.29, 0.717) is 0 Å². The minimum absolute atomic E-state index is 0. The molecule has 1 aliphatic carbocycles. The molecule has 0 amide bonds. The van der Waals surface area contributed by atoms with Crippen LogP contribution in [0.1, 0.15) is 43.2 Å². The van der Waals surface area contributed by atoms with E-state index in [4.69, 9.17) is 0 Å². The zero-order valence-electron chi connectivity index (χ0n) is 16.7. The van der Waals surface area contributed by atoms with E-state index >= 15 is 0 Å². The van der Waals surface area contributed by atoms with Crippen molar-refractivity contribution in [2.45, 2.75) is 45.4 Å². The van der Waals surface area contributed by atoms with Crippen LogP contribution in [0.4, 0.5) is 0 Å². The second-order valence-corrected chi connectivity index (χ2v) is 8.41. The van der Waals surface area contributed by atoms with E-state index < -0.39 is 0 Å². The second-order valence-electron chi connectivity index (χ2n) is 8.41. The van der Waals surface area contributed by atoms with Crippen LogP contribution in [0.25, 0.3) is 32.7 Å². The van der Waals surface area contributed by atoms with Gasteiger partial charge in [0.05, 0.1) is 0 Å². The van der Waals surface area contributed by atoms with Gasteiger partial charge in [-0.25, -0.2) is 0 Å². The maximum atomic E-state index is 2.47. The Labute approximate surface area is 187 Å². The molecule has 1 aliphatic rings. The number of rotatable bonds is 3.